The third kappa shape index (κ3) is 1.56. The summed E-state index contributed by atoms with van der Waals surface area (Å²) >= 11 is 6.43. The molecule has 2 rings (SSSR count). The first-order chi connectivity index (χ1) is 7.60. The van der Waals surface area contributed by atoms with Gasteiger partial charge in [0.1, 0.15) is 11.5 Å². The molecule has 0 saturated carbocycles. The number of hydrogen-bond acceptors (Lipinski definition) is 2. The largest absolute Gasteiger partial charge is 0.497 e. The van der Waals surface area contributed by atoms with E-state index in [1.54, 1.807) is 14.2 Å². The number of alkyl halides is 1. The first-order valence-electron chi connectivity index (χ1n) is 5.50. The van der Waals surface area contributed by atoms with Gasteiger partial charge in [0.2, 0.25) is 0 Å². The third-order valence-corrected chi connectivity index (χ3v) is 4.24. The van der Waals surface area contributed by atoms with Crippen LogP contribution in [0.2, 0.25) is 0 Å². The minimum atomic E-state index is 0.0500. The first kappa shape index (κ1) is 11.6. The number of hydrogen-bond donors (Lipinski definition) is 0. The molecule has 1 aromatic carbocycles. The molecule has 0 N–H and O–H groups in total. The number of fused-ring (bicyclic) bond motifs is 1. The van der Waals surface area contributed by atoms with Gasteiger partial charge in [-0.3, -0.25) is 0 Å². The summed E-state index contributed by atoms with van der Waals surface area (Å²) in [5.41, 5.74) is 2.38. The van der Waals surface area contributed by atoms with Crippen LogP contribution in [-0.4, -0.2) is 14.2 Å². The van der Waals surface area contributed by atoms with Gasteiger partial charge < -0.3 is 9.47 Å². The van der Waals surface area contributed by atoms with E-state index in [-0.39, 0.29) is 5.38 Å². The van der Waals surface area contributed by atoms with Gasteiger partial charge >= 0.3 is 0 Å². The summed E-state index contributed by atoms with van der Waals surface area (Å²) in [7, 11) is 3.35. The van der Waals surface area contributed by atoms with Gasteiger partial charge in [-0.05, 0) is 23.5 Å². The molecule has 88 valence electrons. The van der Waals surface area contributed by atoms with Crippen molar-refractivity contribution in [1.82, 2.24) is 0 Å². The molecule has 3 unspecified atom stereocenters. The summed E-state index contributed by atoms with van der Waals surface area (Å²) in [6.07, 6.45) is 0. The number of rotatable bonds is 2. The van der Waals surface area contributed by atoms with E-state index in [2.05, 4.69) is 13.8 Å². The summed E-state index contributed by atoms with van der Waals surface area (Å²) in [6, 6.07) is 3.95. The first-order valence-corrected chi connectivity index (χ1v) is 5.93. The van der Waals surface area contributed by atoms with Gasteiger partial charge in [-0.25, -0.2) is 0 Å². The average molecular weight is 241 g/mol. The Hall–Kier alpha value is -0.890. The van der Waals surface area contributed by atoms with Crippen LogP contribution in [0.3, 0.4) is 0 Å². The van der Waals surface area contributed by atoms with Crippen molar-refractivity contribution in [2.24, 2.45) is 5.92 Å². The van der Waals surface area contributed by atoms with E-state index >= 15 is 0 Å². The van der Waals surface area contributed by atoms with Gasteiger partial charge in [-0.2, -0.15) is 0 Å². The summed E-state index contributed by atoms with van der Waals surface area (Å²) in [5, 5.41) is 0.0500. The second-order valence-corrected chi connectivity index (χ2v) is 4.85. The lowest BCUT2D eigenvalue weighted by atomic mass is 9.96. The second-order valence-electron chi connectivity index (χ2n) is 4.38. The Balaban J connectivity index is 2.59. The van der Waals surface area contributed by atoms with E-state index in [0.717, 1.165) is 17.1 Å². The van der Waals surface area contributed by atoms with Crippen LogP contribution in [0.15, 0.2) is 12.1 Å². The molecular formula is C13H17ClO2. The Morgan fingerprint density at radius 2 is 1.81 bits per heavy atom. The molecule has 1 aromatic rings. The molecule has 1 aliphatic carbocycles. The Bertz CT molecular complexity index is 403. The van der Waals surface area contributed by atoms with Crippen molar-refractivity contribution >= 4 is 11.6 Å². The quantitative estimate of drug-likeness (QED) is 0.734. The van der Waals surface area contributed by atoms with E-state index in [0.29, 0.717) is 11.8 Å². The third-order valence-electron chi connectivity index (χ3n) is 3.61. The molecule has 0 aliphatic heterocycles. The van der Waals surface area contributed by atoms with E-state index < -0.39 is 0 Å². The molecule has 3 heteroatoms. The number of methoxy groups -OCH3 is 2. The zero-order valence-corrected chi connectivity index (χ0v) is 10.8. The van der Waals surface area contributed by atoms with Crippen LogP contribution in [0.25, 0.3) is 0 Å². The monoisotopic (exact) mass is 240 g/mol. The molecule has 0 bridgehead atoms. The fourth-order valence-electron chi connectivity index (χ4n) is 2.42. The van der Waals surface area contributed by atoms with Crippen molar-refractivity contribution in [3.05, 3.63) is 23.3 Å². The van der Waals surface area contributed by atoms with Crippen molar-refractivity contribution in [1.29, 1.82) is 0 Å². The van der Waals surface area contributed by atoms with E-state index in [1.165, 1.54) is 5.56 Å². The molecular weight excluding hydrogens is 224 g/mol. The van der Waals surface area contributed by atoms with Gasteiger partial charge in [-0.1, -0.05) is 13.8 Å². The summed E-state index contributed by atoms with van der Waals surface area (Å²) < 4.78 is 10.7. The molecule has 0 aromatic heterocycles. The smallest absolute Gasteiger partial charge is 0.126 e. The lowest BCUT2D eigenvalue weighted by Crippen LogP contribution is -2.01. The van der Waals surface area contributed by atoms with Gasteiger partial charge in [0.15, 0.2) is 0 Å². The highest BCUT2D eigenvalue weighted by Gasteiger charge is 2.36. The van der Waals surface area contributed by atoms with E-state index in [1.807, 2.05) is 12.1 Å². The molecule has 3 atom stereocenters. The Morgan fingerprint density at radius 1 is 1.12 bits per heavy atom. The lowest BCUT2D eigenvalue weighted by molar-refractivity contribution is 0.388. The molecule has 1 aliphatic rings. The van der Waals surface area contributed by atoms with Crippen LogP contribution >= 0.6 is 11.6 Å². The minimum Gasteiger partial charge on any atom is -0.497 e. The SMILES string of the molecule is COc1cc(OC)c2c(c1)C(Cl)C(C)C2C. The van der Waals surface area contributed by atoms with Crippen LogP contribution in [0.1, 0.15) is 36.3 Å². The fourth-order valence-corrected chi connectivity index (χ4v) is 2.82. The standard InChI is InChI=1S/C13H17ClO2/c1-7-8(2)13(14)10-5-9(15-3)6-11(16-4)12(7)10/h5-8,13H,1-4H3. The van der Waals surface area contributed by atoms with E-state index in [9.17, 15) is 0 Å². The van der Waals surface area contributed by atoms with E-state index in [4.69, 9.17) is 21.1 Å². The molecule has 0 radical (unpaired) electrons. The Kier molecular flexibility index (Phi) is 3.02. The summed E-state index contributed by atoms with van der Waals surface area (Å²) in [5.74, 6) is 2.55. The van der Waals surface area contributed by atoms with Crippen molar-refractivity contribution in [3.8, 4) is 11.5 Å². The molecule has 0 fully saturated rings. The van der Waals surface area contributed by atoms with Crippen LogP contribution in [0, 0.1) is 5.92 Å². The lowest BCUT2D eigenvalue weighted by Gasteiger charge is -2.14. The van der Waals surface area contributed by atoms with Crippen molar-refractivity contribution in [2.75, 3.05) is 14.2 Å². The molecule has 0 amide bonds. The van der Waals surface area contributed by atoms with Gasteiger partial charge in [-0.15, -0.1) is 11.6 Å². The van der Waals surface area contributed by atoms with Crippen molar-refractivity contribution < 1.29 is 9.47 Å². The zero-order valence-electron chi connectivity index (χ0n) is 10.1. The predicted octanol–water partition coefficient (Wildman–Crippen LogP) is 3.74. The van der Waals surface area contributed by atoms with Crippen LogP contribution in [0.4, 0.5) is 0 Å². The van der Waals surface area contributed by atoms with Crippen LogP contribution in [0.5, 0.6) is 11.5 Å². The molecule has 0 saturated heterocycles. The van der Waals surface area contributed by atoms with Gasteiger partial charge in [0, 0.05) is 11.6 Å². The normalized spacial score (nSPS) is 27.7. The highest BCUT2D eigenvalue weighted by Crippen LogP contribution is 2.52. The highest BCUT2D eigenvalue weighted by atomic mass is 35.5. The fraction of sp³-hybridized carbons (Fsp3) is 0.538. The Labute approximate surface area is 102 Å². The molecule has 16 heavy (non-hydrogen) atoms. The predicted molar refractivity (Wildman–Crippen MR) is 65.7 cm³/mol. The maximum absolute atomic E-state index is 6.43. The number of halogens is 1. The number of ether oxygens (including phenoxy) is 2. The molecule has 0 heterocycles. The average Bonchev–Trinajstić information content (AvgIpc) is 2.53. The van der Waals surface area contributed by atoms with Crippen molar-refractivity contribution in [3.63, 3.8) is 0 Å². The topological polar surface area (TPSA) is 18.5 Å². The summed E-state index contributed by atoms with van der Waals surface area (Å²) in [4.78, 5) is 0. The highest BCUT2D eigenvalue weighted by molar-refractivity contribution is 6.21. The number of benzene rings is 1. The van der Waals surface area contributed by atoms with Crippen molar-refractivity contribution in [2.45, 2.75) is 25.1 Å². The van der Waals surface area contributed by atoms with Gasteiger partial charge in [0.25, 0.3) is 0 Å². The molecule has 0 spiro atoms. The van der Waals surface area contributed by atoms with Crippen LogP contribution in [-0.2, 0) is 0 Å². The minimum absolute atomic E-state index is 0.0500. The Morgan fingerprint density at radius 3 is 2.38 bits per heavy atom. The zero-order chi connectivity index (χ0) is 11.9. The molecule has 2 nitrogen and oxygen atoms in total. The second kappa shape index (κ2) is 4.17. The summed E-state index contributed by atoms with van der Waals surface area (Å²) in [6.45, 7) is 4.37. The van der Waals surface area contributed by atoms with Gasteiger partial charge in [0.05, 0.1) is 19.6 Å². The maximum Gasteiger partial charge on any atom is 0.126 e. The maximum atomic E-state index is 6.43. The van der Waals surface area contributed by atoms with Crippen LogP contribution < -0.4 is 9.47 Å².